The van der Waals surface area contributed by atoms with E-state index in [9.17, 15) is 9.90 Å². The molecule has 0 aromatic carbocycles. The highest BCUT2D eigenvalue weighted by atomic mass is 16.6. The highest BCUT2D eigenvalue weighted by molar-refractivity contribution is 5.78. The summed E-state index contributed by atoms with van der Waals surface area (Å²) in [7, 11) is 0. The summed E-state index contributed by atoms with van der Waals surface area (Å²) in [5.74, 6) is 1.04. The second-order valence-electron chi connectivity index (χ2n) is 8.23. The van der Waals surface area contributed by atoms with Gasteiger partial charge in [-0.15, -0.1) is 0 Å². The fraction of sp³-hybridized carbons (Fsp3) is 0.882. The van der Waals surface area contributed by atoms with Gasteiger partial charge in [-0.05, 0) is 63.2 Å². The molecule has 126 valence electrons. The lowest BCUT2D eigenvalue weighted by Gasteiger charge is -2.59. The highest BCUT2D eigenvalue weighted by Gasteiger charge is 2.57. The lowest BCUT2D eigenvalue weighted by atomic mass is 9.51. The van der Waals surface area contributed by atoms with Crippen molar-refractivity contribution in [1.82, 2.24) is 10.4 Å². The van der Waals surface area contributed by atoms with Gasteiger partial charge in [0, 0.05) is 12.1 Å². The predicted octanol–water partition coefficient (Wildman–Crippen LogP) is 1.11. The molecule has 0 aromatic rings. The number of carbonyl (C=O) groups excluding carboxylic acids is 1. The third kappa shape index (κ3) is 2.75. The molecule has 0 spiro atoms. The summed E-state index contributed by atoms with van der Waals surface area (Å²) in [6.45, 7) is 0.614. The van der Waals surface area contributed by atoms with Crippen LogP contribution in [0.5, 0.6) is 0 Å². The summed E-state index contributed by atoms with van der Waals surface area (Å²) >= 11 is 0. The van der Waals surface area contributed by atoms with Crippen LogP contribution in [0.4, 0.5) is 0 Å². The number of hydrogen-bond donors (Lipinski definition) is 2. The Morgan fingerprint density at radius 1 is 1.35 bits per heavy atom. The van der Waals surface area contributed by atoms with Crippen molar-refractivity contribution in [2.75, 3.05) is 13.2 Å². The first-order valence-electron chi connectivity index (χ1n) is 8.81. The molecule has 1 aliphatic heterocycles. The van der Waals surface area contributed by atoms with Crippen molar-refractivity contribution in [3.05, 3.63) is 0 Å². The number of amides is 1. The Hall–Kier alpha value is -1.16. The molecular formula is C17H25N3O3. The second kappa shape index (κ2) is 5.44. The van der Waals surface area contributed by atoms with Gasteiger partial charge in [0.25, 0.3) is 5.91 Å². The number of nitrogens with zero attached hydrogens (tertiary/aromatic N) is 2. The number of nitriles is 1. The number of hydrogen-bond acceptors (Lipinski definition) is 5. The number of aliphatic hydroxyl groups is 1. The summed E-state index contributed by atoms with van der Waals surface area (Å²) in [6.07, 6.45) is 7.50. The van der Waals surface area contributed by atoms with Gasteiger partial charge >= 0.3 is 0 Å². The summed E-state index contributed by atoms with van der Waals surface area (Å²) in [4.78, 5) is 19.4. The predicted molar refractivity (Wildman–Crippen MR) is 81.8 cm³/mol. The van der Waals surface area contributed by atoms with Crippen LogP contribution in [0.25, 0.3) is 0 Å². The zero-order valence-corrected chi connectivity index (χ0v) is 13.5. The second-order valence-corrected chi connectivity index (χ2v) is 8.23. The Kier molecular flexibility index (Phi) is 3.63. The molecular weight excluding hydrogens is 294 g/mol. The SMILES string of the molecule is N#C[C@@H]1CCCN1C(=O)CONC12CC3CC(CC(O)(C3)C1)C2. The van der Waals surface area contributed by atoms with Crippen molar-refractivity contribution in [3.63, 3.8) is 0 Å². The first kappa shape index (κ1) is 15.4. The molecule has 6 nitrogen and oxygen atoms in total. The van der Waals surface area contributed by atoms with Crippen molar-refractivity contribution in [3.8, 4) is 6.07 Å². The van der Waals surface area contributed by atoms with E-state index in [4.69, 9.17) is 10.1 Å². The topological polar surface area (TPSA) is 85.6 Å². The molecule has 4 aliphatic carbocycles. The Labute approximate surface area is 136 Å². The van der Waals surface area contributed by atoms with Gasteiger partial charge in [0.05, 0.1) is 11.7 Å². The zero-order valence-electron chi connectivity index (χ0n) is 13.5. The summed E-state index contributed by atoms with van der Waals surface area (Å²) in [5.41, 5.74) is 2.44. The molecule has 3 atom stereocenters. The molecule has 4 bridgehead atoms. The highest BCUT2D eigenvalue weighted by Crippen LogP contribution is 2.57. The van der Waals surface area contributed by atoms with Crippen LogP contribution in [-0.4, -0.2) is 46.2 Å². The van der Waals surface area contributed by atoms with Crippen LogP contribution in [0.1, 0.15) is 51.4 Å². The van der Waals surface area contributed by atoms with Crippen molar-refractivity contribution >= 4 is 5.91 Å². The lowest BCUT2D eigenvalue weighted by Crippen LogP contribution is -2.64. The summed E-state index contributed by atoms with van der Waals surface area (Å²) < 4.78 is 0. The number of likely N-dealkylation sites (tertiary alicyclic amines) is 1. The third-order valence-electron chi connectivity index (χ3n) is 6.24. The maximum Gasteiger partial charge on any atom is 0.251 e. The lowest BCUT2D eigenvalue weighted by molar-refractivity contribution is -0.181. The largest absolute Gasteiger partial charge is 0.390 e. The average Bonchev–Trinajstić information content (AvgIpc) is 2.92. The molecule has 5 aliphatic rings. The van der Waals surface area contributed by atoms with Gasteiger partial charge in [-0.25, -0.2) is 0 Å². The van der Waals surface area contributed by atoms with Crippen LogP contribution in [0.2, 0.25) is 0 Å². The average molecular weight is 319 g/mol. The first-order valence-corrected chi connectivity index (χ1v) is 8.81. The van der Waals surface area contributed by atoms with E-state index in [1.807, 2.05) is 0 Å². The molecule has 1 amide bonds. The van der Waals surface area contributed by atoms with Crippen molar-refractivity contribution in [2.24, 2.45) is 11.8 Å². The normalized spacial score (nSPS) is 44.5. The summed E-state index contributed by atoms with van der Waals surface area (Å²) in [5, 5.41) is 19.8. The summed E-state index contributed by atoms with van der Waals surface area (Å²) in [6, 6.07) is 1.88. The Balaban J connectivity index is 1.33. The van der Waals surface area contributed by atoms with E-state index in [1.54, 1.807) is 4.90 Å². The van der Waals surface area contributed by atoms with Crippen LogP contribution in [0.3, 0.4) is 0 Å². The van der Waals surface area contributed by atoms with E-state index in [0.29, 0.717) is 18.4 Å². The van der Waals surface area contributed by atoms with Gasteiger partial charge in [-0.3, -0.25) is 9.63 Å². The zero-order chi connectivity index (χ0) is 16.1. The molecule has 5 fully saturated rings. The van der Waals surface area contributed by atoms with Crippen LogP contribution in [-0.2, 0) is 9.63 Å². The van der Waals surface area contributed by atoms with Gasteiger partial charge in [-0.2, -0.15) is 10.7 Å². The van der Waals surface area contributed by atoms with Gasteiger partial charge in [0.2, 0.25) is 0 Å². The Bertz CT molecular complexity index is 530. The van der Waals surface area contributed by atoms with Gasteiger partial charge in [-0.1, -0.05) is 0 Å². The molecule has 0 radical (unpaired) electrons. The van der Waals surface area contributed by atoms with E-state index >= 15 is 0 Å². The van der Waals surface area contributed by atoms with Crippen molar-refractivity contribution in [2.45, 2.75) is 68.5 Å². The van der Waals surface area contributed by atoms with Gasteiger partial charge in [0.1, 0.15) is 12.6 Å². The molecule has 0 aromatic heterocycles. The fourth-order valence-electron chi connectivity index (χ4n) is 5.87. The maximum absolute atomic E-state index is 12.2. The molecule has 2 N–H and O–H groups in total. The number of hydroxylamine groups is 1. The minimum absolute atomic E-state index is 0.0340. The van der Waals surface area contributed by atoms with E-state index < -0.39 is 5.60 Å². The van der Waals surface area contributed by atoms with Gasteiger partial charge < -0.3 is 10.0 Å². The Morgan fingerprint density at radius 2 is 2.09 bits per heavy atom. The van der Waals surface area contributed by atoms with Crippen LogP contribution in [0.15, 0.2) is 0 Å². The molecule has 5 rings (SSSR count). The maximum atomic E-state index is 12.2. The third-order valence-corrected chi connectivity index (χ3v) is 6.24. The molecule has 1 heterocycles. The molecule has 6 heteroatoms. The van der Waals surface area contributed by atoms with Crippen molar-refractivity contribution < 1.29 is 14.7 Å². The number of nitrogens with one attached hydrogen (secondary N) is 1. The van der Waals surface area contributed by atoms with Crippen LogP contribution < -0.4 is 5.48 Å². The molecule has 4 saturated carbocycles. The van der Waals surface area contributed by atoms with Crippen molar-refractivity contribution in [1.29, 1.82) is 5.26 Å². The van der Waals surface area contributed by atoms with E-state index in [0.717, 1.165) is 44.9 Å². The van der Waals surface area contributed by atoms with E-state index in [2.05, 4.69) is 11.5 Å². The van der Waals surface area contributed by atoms with E-state index in [-0.39, 0.29) is 24.1 Å². The van der Waals surface area contributed by atoms with Gasteiger partial charge in [0.15, 0.2) is 0 Å². The smallest absolute Gasteiger partial charge is 0.251 e. The number of carbonyl (C=O) groups is 1. The fourth-order valence-corrected chi connectivity index (χ4v) is 5.87. The van der Waals surface area contributed by atoms with E-state index in [1.165, 1.54) is 6.42 Å². The molecule has 1 saturated heterocycles. The first-order chi connectivity index (χ1) is 11.0. The quantitative estimate of drug-likeness (QED) is 0.758. The monoisotopic (exact) mass is 319 g/mol. The Morgan fingerprint density at radius 3 is 2.74 bits per heavy atom. The molecule has 23 heavy (non-hydrogen) atoms. The van der Waals surface area contributed by atoms with Crippen LogP contribution in [0, 0.1) is 23.2 Å². The van der Waals surface area contributed by atoms with Crippen LogP contribution >= 0.6 is 0 Å². The molecule has 2 unspecified atom stereocenters. The minimum atomic E-state index is -0.536. The number of rotatable bonds is 4. The standard InChI is InChI=1S/C17H25N3O3/c18-9-14-2-1-3-20(14)15(21)10-23-19-16-5-12-4-13(6-16)8-17(22,7-12)11-16/h12-14,19,22H,1-8,10-11H2/t12?,13?,14-,16?,17?/m0/s1. The minimum Gasteiger partial charge on any atom is -0.390 e.